The highest BCUT2D eigenvalue weighted by atomic mass is 79.9. The van der Waals surface area contributed by atoms with Crippen LogP contribution in [0.2, 0.25) is 0 Å². The van der Waals surface area contributed by atoms with Crippen LogP contribution >= 0.6 is 15.9 Å². The van der Waals surface area contributed by atoms with Crippen molar-refractivity contribution in [3.8, 4) is 0 Å². The van der Waals surface area contributed by atoms with Gasteiger partial charge in [-0.05, 0) is 49.6 Å². The zero-order valence-electron chi connectivity index (χ0n) is 15.0. The predicted octanol–water partition coefficient (Wildman–Crippen LogP) is 3.42. The second-order valence-corrected chi connectivity index (χ2v) is 7.71. The third-order valence-electron chi connectivity index (χ3n) is 4.53. The summed E-state index contributed by atoms with van der Waals surface area (Å²) in [4.78, 5) is 13.3. The van der Waals surface area contributed by atoms with Crippen molar-refractivity contribution in [2.75, 3.05) is 43.9 Å². The van der Waals surface area contributed by atoms with Crippen molar-refractivity contribution in [2.45, 2.75) is 25.3 Å². The van der Waals surface area contributed by atoms with Crippen LogP contribution < -0.4 is 10.2 Å². The summed E-state index contributed by atoms with van der Waals surface area (Å²) in [6.45, 7) is 3.35. The average Bonchev–Trinajstić information content (AvgIpc) is 2.62. The van der Waals surface area contributed by atoms with E-state index in [0.717, 1.165) is 35.7 Å². The molecule has 6 heteroatoms. The first-order chi connectivity index (χ1) is 12.1. The first-order valence-electron chi connectivity index (χ1n) is 8.84. The monoisotopic (exact) mass is 403 g/mol. The van der Waals surface area contributed by atoms with Crippen molar-refractivity contribution in [1.29, 1.82) is 0 Å². The molecule has 0 aliphatic carbocycles. The van der Waals surface area contributed by atoms with Gasteiger partial charge in [0.1, 0.15) is 5.82 Å². The molecule has 1 N–H and O–H groups in total. The Kier molecular flexibility index (Phi) is 6.26. The predicted molar refractivity (Wildman–Crippen MR) is 107 cm³/mol. The van der Waals surface area contributed by atoms with Crippen LogP contribution in [0.25, 0.3) is 0 Å². The van der Waals surface area contributed by atoms with E-state index >= 15 is 0 Å². The Morgan fingerprint density at radius 2 is 2.04 bits per heavy atom. The van der Waals surface area contributed by atoms with Crippen LogP contribution in [-0.2, 0) is 6.42 Å². The number of halogens is 1. The van der Waals surface area contributed by atoms with Crippen LogP contribution in [0, 0.1) is 0 Å². The third kappa shape index (κ3) is 5.41. The molecule has 1 saturated heterocycles. The van der Waals surface area contributed by atoms with Crippen molar-refractivity contribution < 1.29 is 0 Å². The van der Waals surface area contributed by atoms with E-state index in [1.165, 1.54) is 24.9 Å². The van der Waals surface area contributed by atoms with Gasteiger partial charge in [-0.25, -0.2) is 4.98 Å². The number of aromatic nitrogens is 2. The summed E-state index contributed by atoms with van der Waals surface area (Å²) < 4.78 is 1.14. The van der Waals surface area contributed by atoms with Gasteiger partial charge in [-0.2, -0.15) is 4.98 Å². The second-order valence-electron chi connectivity index (χ2n) is 6.80. The van der Waals surface area contributed by atoms with Gasteiger partial charge >= 0.3 is 0 Å². The van der Waals surface area contributed by atoms with Crippen LogP contribution in [0.3, 0.4) is 0 Å². The van der Waals surface area contributed by atoms with Gasteiger partial charge in [0.05, 0.1) is 0 Å². The van der Waals surface area contributed by atoms with E-state index in [2.05, 4.69) is 60.4 Å². The van der Waals surface area contributed by atoms with Gasteiger partial charge in [0.25, 0.3) is 0 Å². The molecule has 5 nitrogen and oxygen atoms in total. The molecule has 3 rings (SSSR count). The molecular weight excluding hydrogens is 378 g/mol. The molecule has 1 aromatic carbocycles. The Hall–Kier alpha value is -1.66. The lowest BCUT2D eigenvalue weighted by Crippen LogP contribution is -2.43. The molecule has 2 heterocycles. The molecule has 1 aliphatic rings. The van der Waals surface area contributed by atoms with Crippen LogP contribution in [0.5, 0.6) is 0 Å². The van der Waals surface area contributed by atoms with Gasteiger partial charge in [0.15, 0.2) is 0 Å². The minimum Gasteiger partial charge on any atom is -0.366 e. The minimum absolute atomic E-state index is 0.448. The van der Waals surface area contributed by atoms with Crippen molar-refractivity contribution >= 4 is 27.7 Å². The largest absolute Gasteiger partial charge is 0.366 e. The first-order valence-corrected chi connectivity index (χ1v) is 9.63. The molecule has 0 spiro atoms. The number of rotatable bonds is 6. The summed E-state index contributed by atoms with van der Waals surface area (Å²) >= 11 is 3.49. The number of nitrogens with zero attached hydrogens (tertiary/aromatic N) is 4. The summed E-state index contributed by atoms with van der Waals surface area (Å²) in [5.41, 5.74) is 1.39. The normalized spacial score (nSPS) is 18.1. The highest BCUT2D eigenvalue weighted by molar-refractivity contribution is 9.10. The lowest BCUT2D eigenvalue weighted by molar-refractivity contribution is 0.218. The number of nitrogens with one attached hydrogen (secondary N) is 1. The molecule has 1 fully saturated rings. The SMILES string of the molecule is CN(C)c1nccc(NC2CCCN(CCc3ccc(Br)cc3)C2)n1. The zero-order chi connectivity index (χ0) is 17.6. The Bertz CT molecular complexity index is 674. The molecule has 1 aliphatic heterocycles. The molecule has 1 aromatic heterocycles. The standard InChI is InChI=1S/C19H26BrN5/c1-24(2)19-21-11-9-18(23-19)22-17-4-3-12-25(14-17)13-10-15-5-7-16(20)8-6-15/h5-9,11,17H,3-4,10,12-14H2,1-2H3,(H,21,22,23). The summed E-state index contributed by atoms with van der Waals surface area (Å²) in [6, 6.07) is 11.0. The highest BCUT2D eigenvalue weighted by Gasteiger charge is 2.20. The maximum atomic E-state index is 4.57. The summed E-state index contributed by atoms with van der Waals surface area (Å²) in [5.74, 6) is 1.66. The van der Waals surface area contributed by atoms with Gasteiger partial charge < -0.3 is 15.1 Å². The number of anilines is 2. The van der Waals surface area contributed by atoms with Crippen LogP contribution in [0.4, 0.5) is 11.8 Å². The number of piperidine rings is 1. The summed E-state index contributed by atoms with van der Waals surface area (Å²) in [7, 11) is 3.92. The van der Waals surface area contributed by atoms with Gasteiger partial charge in [-0.3, -0.25) is 0 Å². The van der Waals surface area contributed by atoms with Crippen molar-refractivity contribution in [2.24, 2.45) is 0 Å². The fraction of sp³-hybridized carbons (Fsp3) is 0.474. The number of likely N-dealkylation sites (tertiary alicyclic amines) is 1. The van der Waals surface area contributed by atoms with Crippen LogP contribution in [0.1, 0.15) is 18.4 Å². The van der Waals surface area contributed by atoms with Gasteiger partial charge in [0, 0.05) is 43.9 Å². The Balaban J connectivity index is 1.52. The molecule has 25 heavy (non-hydrogen) atoms. The Morgan fingerprint density at radius 3 is 2.80 bits per heavy atom. The van der Waals surface area contributed by atoms with E-state index < -0.39 is 0 Å². The molecule has 0 bridgehead atoms. The van der Waals surface area contributed by atoms with Crippen molar-refractivity contribution in [1.82, 2.24) is 14.9 Å². The fourth-order valence-electron chi connectivity index (χ4n) is 3.17. The smallest absolute Gasteiger partial charge is 0.226 e. The lowest BCUT2D eigenvalue weighted by Gasteiger charge is -2.33. The van der Waals surface area contributed by atoms with Crippen LogP contribution in [0.15, 0.2) is 41.0 Å². The fourth-order valence-corrected chi connectivity index (χ4v) is 3.43. The quantitative estimate of drug-likeness (QED) is 0.800. The lowest BCUT2D eigenvalue weighted by atomic mass is 10.0. The Morgan fingerprint density at radius 1 is 1.24 bits per heavy atom. The van der Waals surface area contributed by atoms with Crippen molar-refractivity contribution in [3.05, 3.63) is 46.6 Å². The molecule has 134 valence electrons. The topological polar surface area (TPSA) is 44.3 Å². The van der Waals surface area contributed by atoms with Gasteiger partial charge in [-0.15, -0.1) is 0 Å². The van der Waals surface area contributed by atoms with E-state index in [9.17, 15) is 0 Å². The van der Waals surface area contributed by atoms with E-state index in [-0.39, 0.29) is 0 Å². The molecule has 2 aromatic rings. The van der Waals surface area contributed by atoms with Gasteiger partial charge in [0.2, 0.25) is 5.95 Å². The average molecular weight is 404 g/mol. The molecule has 1 atom stereocenters. The van der Waals surface area contributed by atoms with E-state index in [1.807, 2.05) is 31.3 Å². The maximum Gasteiger partial charge on any atom is 0.226 e. The molecular formula is C19H26BrN5. The van der Waals surface area contributed by atoms with Crippen molar-refractivity contribution in [3.63, 3.8) is 0 Å². The molecule has 0 saturated carbocycles. The Labute approximate surface area is 158 Å². The van der Waals surface area contributed by atoms with Gasteiger partial charge in [-0.1, -0.05) is 28.1 Å². The molecule has 0 amide bonds. The van der Waals surface area contributed by atoms with E-state index in [0.29, 0.717) is 6.04 Å². The summed E-state index contributed by atoms with van der Waals surface area (Å²) in [6.07, 6.45) is 5.33. The third-order valence-corrected chi connectivity index (χ3v) is 5.06. The molecule has 0 radical (unpaired) electrons. The van der Waals surface area contributed by atoms with E-state index in [1.54, 1.807) is 0 Å². The second kappa shape index (κ2) is 8.63. The first kappa shape index (κ1) is 18.1. The maximum absolute atomic E-state index is 4.57. The van der Waals surface area contributed by atoms with Crippen LogP contribution in [-0.4, -0.2) is 54.6 Å². The number of benzene rings is 1. The highest BCUT2D eigenvalue weighted by Crippen LogP contribution is 2.17. The summed E-state index contributed by atoms with van der Waals surface area (Å²) in [5, 5.41) is 3.59. The number of hydrogen-bond donors (Lipinski definition) is 1. The zero-order valence-corrected chi connectivity index (χ0v) is 16.5. The minimum atomic E-state index is 0.448. The molecule has 1 unspecified atom stereocenters. The van der Waals surface area contributed by atoms with E-state index in [4.69, 9.17) is 0 Å². The number of hydrogen-bond acceptors (Lipinski definition) is 5.